The molecule has 3 aliphatic heterocycles. The third kappa shape index (κ3) is 6.21. The zero-order valence-electron chi connectivity index (χ0n) is 29.9. The van der Waals surface area contributed by atoms with Crippen molar-refractivity contribution in [2.45, 2.75) is 51.7 Å². The number of rotatable bonds is 9. The molecule has 0 aliphatic carbocycles. The molecular weight excluding hydrogens is 707 g/mol. The summed E-state index contributed by atoms with van der Waals surface area (Å²) in [7, 11) is 0. The van der Waals surface area contributed by atoms with Gasteiger partial charge < -0.3 is 24.1 Å². The number of carbonyl (C=O) groups is 1. The number of ether oxygens (including phenoxy) is 3. The van der Waals surface area contributed by atoms with Crippen molar-refractivity contribution < 1.29 is 23.4 Å². The van der Waals surface area contributed by atoms with Crippen molar-refractivity contribution in [3.63, 3.8) is 0 Å². The predicted molar refractivity (Wildman–Crippen MR) is 207 cm³/mol. The first-order valence-corrected chi connectivity index (χ1v) is 18.4. The van der Waals surface area contributed by atoms with Crippen LogP contribution < -0.4 is 14.8 Å². The third-order valence-electron chi connectivity index (χ3n) is 10.5. The van der Waals surface area contributed by atoms with Gasteiger partial charge in [-0.05, 0) is 91.6 Å². The van der Waals surface area contributed by atoms with E-state index in [1.165, 1.54) is 6.07 Å². The van der Waals surface area contributed by atoms with Crippen molar-refractivity contribution >= 4 is 56.3 Å². The second-order valence-corrected chi connectivity index (χ2v) is 14.7. The van der Waals surface area contributed by atoms with Crippen LogP contribution in [0.1, 0.15) is 59.7 Å². The van der Waals surface area contributed by atoms with Gasteiger partial charge >= 0.3 is 0 Å². The molecule has 2 atom stereocenters. The molecule has 0 saturated carbocycles. The van der Waals surface area contributed by atoms with Gasteiger partial charge in [0.2, 0.25) is 0 Å². The number of anilines is 1. The maximum atomic E-state index is 14.9. The van der Waals surface area contributed by atoms with E-state index in [4.69, 9.17) is 30.8 Å². The first-order valence-electron chi connectivity index (χ1n) is 18.1. The second kappa shape index (κ2) is 13.4. The molecule has 9 rings (SSSR count). The molecule has 1 saturated heterocycles. The number of amides is 1. The molecule has 10 nitrogen and oxygen atoms in total. The Balaban J connectivity index is 0.934. The van der Waals surface area contributed by atoms with E-state index in [0.717, 1.165) is 76.2 Å². The van der Waals surface area contributed by atoms with E-state index in [2.05, 4.69) is 37.6 Å². The lowest BCUT2D eigenvalue weighted by Crippen LogP contribution is -2.33. The summed E-state index contributed by atoms with van der Waals surface area (Å²) in [6.07, 6.45) is 4.15. The summed E-state index contributed by atoms with van der Waals surface area (Å²) in [4.78, 5) is 20.9. The highest BCUT2D eigenvalue weighted by molar-refractivity contribution is 6.30. The zero-order valence-corrected chi connectivity index (χ0v) is 30.7. The van der Waals surface area contributed by atoms with E-state index < -0.39 is 11.6 Å². The zero-order chi connectivity index (χ0) is 37.1. The maximum Gasteiger partial charge on any atom is 0.278 e. The number of hydrogen-bond acceptors (Lipinski definition) is 7. The number of halogens is 2. The van der Waals surface area contributed by atoms with Gasteiger partial charge in [-0.1, -0.05) is 36.4 Å². The number of carbonyl (C=O) groups excluding carboxylic acids is 1. The van der Waals surface area contributed by atoms with Crippen molar-refractivity contribution in [3.8, 4) is 11.5 Å². The molecule has 1 amide bonds. The van der Waals surface area contributed by atoms with E-state index in [0.29, 0.717) is 47.4 Å². The first-order chi connectivity index (χ1) is 26.1. The second-order valence-electron chi connectivity index (χ2n) is 14.3. The van der Waals surface area contributed by atoms with Gasteiger partial charge in [-0.15, -0.1) is 0 Å². The lowest BCUT2D eigenvalue weighted by atomic mass is 9.98. The van der Waals surface area contributed by atoms with E-state index in [-0.39, 0.29) is 17.6 Å². The third-order valence-corrected chi connectivity index (χ3v) is 10.7. The molecule has 2 N–H and O–H groups in total. The van der Waals surface area contributed by atoms with E-state index >= 15 is 0 Å². The molecule has 0 spiro atoms. The number of nitrogens with one attached hydrogen (secondary N) is 2. The number of fused-ring (bicyclic) bond motifs is 3. The number of allylic oxidation sites excluding steroid dienone is 1. The summed E-state index contributed by atoms with van der Waals surface area (Å²) in [6.45, 7) is 11.3. The number of aromatic nitrogens is 4. The van der Waals surface area contributed by atoms with Crippen molar-refractivity contribution in [1.29, 1.82) is 0 Å². The van der Waals surface area contributed by atoms with Crippen LogP contribution in [-0.2, 0) is 23.6 Å². The molecule has 3 aliphatic rings. The minimum Gasteiger partial charge on any atom is -0.444 e. The molecule has 5 heterocycles. The van der Waals surface area contributed by atoms with Crippen LogP contribution in [0.15, 0.2) is 85.5 Å². The molecule has 12 heteroatoms. The smallest absolute Gasteiger partial charge is 0.278 e. The minimum absolute atomic E-state index is 0.143. The van der Waals surface area contributed by atoms with Gasteiger partial charge in [0, 0.05) is 53.8 Å². The largest absolute Gasteiger partial charge is 0.444 e. The molecule has 1 fully saturated rings. The molecule has 2 aromatic heterocycles. The van der Waals surface area contributed by atoms with Gasteiger partial charge in [0.05, 0.1) is 47.0 Å². The van der Waals surface area contributed by atoms with Crippen molar-refractivity contribution in [2.75, 3.05) is 25.0 Å². The van der Waals surface area contributed by atoms with Crippen LogP contribution in [-0.4, -0.2) is 56.4 Å². The fourth-order valence-corrected chi connectivity index (χ4v) is 7.70. The highest BCUT2D eigenvalue weighted by atomic mass is 35.5. The summed E-state index contributed by atoms with van der Waals surface area (Å²) in [5.41, 5.74) is 7.79. The Morgan fingerprint density at radius 1 is 1.13 bits per heavy atom. The van der Waals surface area contributed by atoms with Gasteiger partial charge in [0.25, 0.3) is 11.7 Å². The Kier molecular flexibility index (Phi) is 8.52. The fourth-order valence-electron chi connectivity index (χ4n) is 7.54. The normalized spacial score (nSPS) is 19.6. The lowest BCUT2D eigenvalue weighted by Gasteiger charge is -2.29. The number of nitrogens with zero attached hydrogens (tertiary/aromatic N) is 4. The predicted octanol–water partition coefficient (Wildman–Crippen LogP) is 8.71. The minimum atomic E-state index is -1.32. The Bertz CT molecular complexity index is 2520. The molecule has 54 heavy (non-hydrogen) atoms. The summed E-state index contributed by atoms with van der Waals surface area (Å²) < 4.78 is 35.6. The molecule has 6 aromatic rings. The van der Waals surface area contributed by atoms with Crippen molar-refractivity contribution in [1.82, 2.24) is 24.6 Å². The van der Waals surface area contributed by atoms with Gasteiger partial charge in [-0.25, -0.2) is 9.37 Å². The van der Waals surface area contributed by atoms with Crippen LogP contribution in [0.3, 0.4) is 0 Å². The van der Waals surface area contributed by atoms with Gasteiger partial charge in [0.15, 0.2) is 11.5 Å². The number of benzene rings is 4. The number of aromatic amines is 1. The van der Waals surface area contributed by atoms with Crippen LogP contribution in [0, 0.1) is 5.82 Å². The highest BCUT2D eigenvalue weighted by Gasteiger charge is 2.42. The highest BCUT2D eigenvalue weighted by Crippen LogP contribution is 2.49. The summed E-state index contributed by atoms with van der Waals surface area (Å²) >= 11 is 6.01. The molecule has 0 radical (unpaired) electrons. The Labute approximate surface area is 316 Å². The molecule has 0 bridgehead atoms. The maximum absolute atomic E-state index is 14.9. The molecule has 1 unspecified atom stereocenters. The topological polar surface area (TPSA) is 107 Å². The van der Waals surface area contributed by atoms with Crippen LogP contribution in [0.4, 0.5) is 10.1 Å². The van der Waals surface area contributed by atoms with Crippen LogP contribution in [0.5, 0.6) is 11.5 Å². The van der Waals surface area contributed by atoms with E-state index in [1.807, 2.05) is 55.5 Å². The van der Waals surface area contributed by atoms with E-state index in [1.54, 1.807) is 25.1 Å². The summed E-state index contributed by atoms with van der Waals surface area (Å²) in [6, 6.07) is 21.7. The SMILES string of the molecule is C=C(C)c1n[nH]c2ccc(C(=O)Nc3ccc4c(c3)nc(CN3CC=C(c5cccc6c5OC(C)(c5ccc(Cl)cc5F)O6)CC3)n4C[C@@H]3CCO3)cc12. The van der Waals surface area contributed by atoms with Gasteiger partial charge in [-0.3, -0.25) is 14.8 Å². The lowest BCUT2D eigenvalue weighted by molar-refractivity contribution is -0.0708. The van der Waals surface area contributed by atoms with Gasteiger partial charge in [0.1, 0.15) is 11.6 Å². The average molecular weight is 745 g/mol. The summed E-state index contributed by atoms with van der Waals surface area (Å²) in [5, 5.41) is 11.6. The Morgan fingerprint density at radius 2 is 2.00 bits per heavy atom. The van der Waals surface area contributed by atoms with Crippen LogP contribution in [0.25, 0.3) is 33.1 Å². The number of para-hydroxylation sites is 1. The monoisotopic (exact) mass is 744 g/mol. The Hall–Kier alpha value is -5.49. The fraction of sp³-hybridized carbons (Fsp3) is 0.262. The van der Waals surface area contributed by atoms with Gasteiger partial charge in [-0.2, -0.15) is 5.10 Å². The summed E-state index contributed by atoms with van der Waals surface area (Å²) in [5.74, 6) is 0.111. The first kappa shape index (κ1) is 34.3. The standard InChI is InChI=1S/C42H38ClFN6O4/c1-24(2)39-31-19-26(7-11-34(31)47-48-39)41(51)45-28-9-12-36-35(21-28)46-38(50(36)22-29-15-18-52-29)23-49-16-13-25(14-17-49)30-5-4-6-37-40(30)54-42(3,53-37)32-10-8-27(43)20-33(32)44/h4-13,19-21,29H,1,14-18,22-23H2,2-3H3,(H,45,51)(H,47,48)/t29-,42?/m0/s1. The van der Waals surface area contributed by atoms with Crippen LogP contribution in [0.2, 0.25) is 5.02 Å². The Morgan fingerprint density at radius 3 is 2.76 bits per heavy atom. The number of imidazole rings is 1. The quantitative estimate of drug-likeness (QED) is 0.153. The average Bonchev–Trinajstić information content (AvgIpc) is 3.82. The molecular formula is C42H38ClFN6O4. The van der Waals surface area contributed by atoms with E-state index in [9.17, 15) is 9.18 Å². The number of H-pyrrole nitrogens is 1. The molecule has 274 valence electrons. The van der Waals surface area contributed by atoms with Crippen LogP contribution >= 0.6 is 11.6 Å². The molecule has 4 aromatic carbocycles. The number of hydrogen-bond donors (Lipinski definition) is 2. The van der Waals surface area contributed by atoms with Crippen molar-refractivity contribution in [3.05, 3.63) is 124 Å². The van der Waals surface area contributed by atoms with Crippen molar-refractivity contribution in [2.24, 2.45) is 0 Å².